The van der Waals surface area contributed by atoms with E-state index in [1.165, 1.54) is 11.0 Å². The van der Waals surface area contributed by atoms with Gasteiger partial charge in [-0.25, -0.2) is 17.2 Å². The van der Waals surface area contributed by atoms with Gasteiger partial charge in [-0.2, -0.15) is 4.31 Å². The Hall–Kier alpha value is -2.33. The summed E-state index contributed by atoms with van der Waals surface area (Å²) in [5.41, 5.74) is 0.161. The van der Waals surface area contributed by atoms with Crippen molar-refractivity contribution in [1.29, 1.82) is 0 Å². The van der Waals surface area contributed by atoms with Crippen LogP contribution in [-0.4, -0.2) is 54.9 Å². The zero-order valence-corrected chi connectivity index (χ0v) is 14.1. The molecule has 1 aromatic carbocycles. The Morgan fingerprint density at radius 2 is 1.80 bits per heavy atom. The molecule has 2 aromatic rings. The highest BCUT2D eigenvalue weighted by Crippen LogP contribution is 2.20. The van der Waals surface area contributed by atoms with E-state index < -0.39 is 21.7 Å². The van der Waals surface area contributed by atoms with E-state index in [2.05, 4.69) is 5.16 Å². The lowest BCUT2D eigenvalue weighted by molar-refractivity contribution is 0.0687. The fourth-order valence-corrected chi connectivity index (χ4v) is 3.98. The van der Waals surface area contributed by atoms with Crippen LogP contribution in [0.1, 0.15) is 16.2 Å². The molecule has 10 heteroatoms. The number of halogens is 2. The quantitative estimate of drug-likeness (QED) is 0.815. The van der Waals surface area contributed by atoms with Crippen LogP contribution in [0, 0.1) is 18.6 Å². The molecule has 7 nitrogen and oxygen atoms in total. The maximum atomic E-state index is 13.3. The lowest BCUT2D eigenvalue weighted by Crippen LogP contribution is -2.50. The van der Waals surface area contributed by atoms with Crippen molar-refractivity contribution in [2.45, 2.75) is 11.8 Å². The Balaban J connectivity index is 1.71. The van der Waals surface area contributed by atoms with Gasteiger partial charge in [-0.3, -0.25) is 4.79 Å². The van der Waals surface area contributed by atoms with Gasteiger partial charge >= 0.3 is 0 Å². The predicted octanol–water partition coefficient (Wildman–Crippen LogP) is 1.41. The number of carbonyl (C=O) groups is 1. The lowest BCUT2D eigenvalue weighted by atomic mass is 10.3. The molecular weight excluding hydrogens is 356 g/mol. The van der Waals surface area contributed by atoms with Crippen molar-refractivity contribution >= 4 is 15.9 Å². The molecule has 0 saturated carbocycles. The molecule has 3 rings (SSSR count). The van der Waals surface area contributed by atoms with E-state index in [0.717, 1.165) is 16.4 Å². The Morgan fingerprint density at radius 3 is 2.36 bits per heavy atom. The highest BCUT2D eigenvalue weighted by Gasteiger charge is 2.31. The summed E-state index contributed by atoms with van der Waals surface area (Å²) in [5, 5.41) is 3.65. The average molecular weight is 371 g/mol. The van der Waals surface area contributed by atoms with Gasteiger partial charge in [0.2, 0.25) is 10.0 Å². The van der Waals surface area contributed by atoms with Crippen LogP contribution in [0.15, 0.2) is 33.7 Å². The molecule has 1 saturated heterocycles. The number of amides is 1. The van der Waals surface area contributed by atoms with Crippen molar-refractivity contribution in [1.82, 2.24) is 14.4 Å². The van der Waals surface area contributed by atoms with Gasteiger partial charge in [0.25, 0.3) is 5.91 Å². The van der Waals surface area contributed by atoms with E-state index in [0.29, 0.717) is 11.8 Å². The molecule has 1 aliphatic heterocycles. The van der Waals surface area contributed by atoms with E-state index in [9.17, 15) is 22.0 Å². The summed E-state index contributed by atoms with van der Waals surface area (Å²) in [6.07, 6.45) is 0. The molecule has 1 aliphatic rings. The number of carbonyl (C=O) groups excluding carboxylic acids is 1. The molecular formula is C15H15F2N3O4S. The molecule has 1 fully saturated rings. The Bertz CT molecular complexity index is 905. The van der Waals surface area contributed by atoms with Crippen molar-refractivity contribution in [2.75, 3.05) is 26.2 Å². The molecule has 0 unspecified atom stereocenters. The van der Waals surface area contributed by atoms with Gasteiger partial charge in [0, 0.05) is 32.2 Å². The molecule has 0 spiro atoms. The van der Waals surface area contributed by atoms with Crippen LogP contribution in [0.4, 0.5) is 8.78 Å². The monoisotopic (exact) mass is 371 g/mol. The number of sulfonamides is 1. The number of piperazine rings is 1. The number of aromatic nitrogens is 1. The highest BCUT2D eigenvalue weighted by atomic mass is 32.2. The van der Waals surface area contributed by atoms with Crippen molar-refractivity contribution in [3.8, 4) is 0 Å². The summed E-state index contributed by atoms with van der Waals surface area (Å²) in [6, 6.07) is 3.95. The molecule has 2 heterocycles. The summed E-state index contributed by atoms with van der Waals surface area (Å²) < 4.78 is 57.3. The highest BCUT2D eigenvalue weighted by molar-refractivity contribution is 7.89. The third kappa shape index (κ3) is 3.40. The molecule has 0 N–H and O–H groups in total. The third-order valence-corrected chi connectivity index (χ3v) is 5.80. The Labute approximate surface area is 142 Å². The number of rotatable bonds is 3. The van der Waals surface area contributed by atoms with Crippen molar-refractivity contribution in [3.63, 3.8) is 0 Å². The minimum Gasteiger partial charge on any atom is -0.361 e. The van der Waals surface area contributed by atoms with Gasteiger partial charge < -0.3 is 9.42 Å². The van der Waals surface area contributed by atoms with Crippen molar-refractivity contribution < 1.29 is 26.5 Å². The molecule has 1 aromatic heterocycles. The van der Waals surface area contributed by atoms with Crippen LogP contribution in [0.2, 0.25) is 0 Å². The van der Waals surface area contributed by atoms with E-state index in [-0.39, 0.29) is 42.7 Å². The van der Waals surface area contributed by atoms with Crippen LogP contribution in [0.3, 0.4) is 0 Å². The van der Waals surface area contributed by atoms with Gasteiger partial charge in [-0.1, -0.05) is 5.16 Å². The first-order valence-electron chi connectivity index (χ1n) is 7.47. The lowest BCUT2D eigenvalue weighted by Gasteiger charge is -2.33. The maximum absolute atomic E-state index is 13.3. The summed E-state index contributed by atoms with van der Waals surface area (Å²) in [7, 11) is -3.96. The fraction of sp³-hybridized carbons (Fsp3) is 0.333. The first-order chi connectivity index (χ1) is 11.8. The average Bonchev–Trinajstić information content (AvgIpc) is 3.03. The summed E-state index contributed by atoms with van der Waals surface area (Å²) in [4.78, 5) is 13.4. The van der Waals surface area contributed by atoms with Crippen LogP contribution >= 0.6 is 0 Å². The van der Waals surface area contributed by atoms with Gasteiger partial charge in [0.05, 0.1) is 4.90 Å². The molecule has 0 aliphatic carbocycles. The molecule has 25 heavy (non-hydrogen) atoms. The summed E-state index contributed by atoms with van der Waals surface area (Å²) in [6.45, 7) is 2.07. The third-order valence-electron chi connectivity index (χ3n) is 3.90. The topological polar surface area (TPSA) is 83.7 Å². The molecule has 1 amide bonds. The summed E-state index contributed by atoms with van der Waals surface area (Å²) in [5.74, 6) is -2.18. The Kier molecular flexibility index (Phi) is 4.56. The van der Waals surface area contributed by atoms with Crippen molar-refractivity contribution in [2.24, 2.45) is 0 Å². The van der Waals surface area contributed by atoms with E-state index in [1.807, 2.05) is 0 Å². The van der Waals surface area contributed by atoms with E-state index in [1.54, 1.807) is 6.92 Å². The maximum Gasteiger partial charge on any atom is 0.276 e. The van der Waals surface area contributed by atoms with Gasteiger partial charge in [0.15, 0.2) is 17.3 Å². The molecule has 0 atom stereocenters. The number of aryl methyl sites for hydroxylation is 1. The SMILES string of the molecule is Cc1cc(C(=O)N2CCN(S(=O)(=O)c3ccc(F)c(F)c3)CC2)no1. The Morgan fingerprint density at radius 1 is 1.12 bits per heavy atom. The van der Waals surface area contributed by atoms with Crippen LogP contribution in [0.25, 0.3) is 0 Å². The van der Waals surface area contributed by atoms with Gasteiger partial charge in [0.1, 0.15) is 5.76 Å². The first-order valence-corrected chi connectivity index (χ1v) is 8.91. The molecule has 0 radical (unpaired) electrons. The van der Waals surface area contributed by atoms with Crippen LogP contribution in [0.5, 0.6) is 0 Å². The van der Waals surface area contributed by atoms with Gasteiger partial charge in [-0.05, 0) is 25.1 Å². The zero-order chi connectivity index (χ0) is 18.2. The smallest absolute Gasteiger partial charge is 0.276 e. The normalized spacial score (nSPS) is 16.2. The number of benzene rings is 1. The summed E-state index contributed by atoms with van der Waals surface area (Å²) >= 11 is 0. The fourth-order valence-electron chi connectivity index (χ4n) is 2.55. The zero-order valence-electron chi connectivity index (χ0n) is 13.3. The molecule has 134 valence electrons. The number of hydrogen-bond donors (Lipinski definition) is 0. The number of hydrogen-bond acceptors (Lipinski definition) is 5. The first kappa shape index (κ1) is 17.5. The minimum atomic E-state index is -3.96. The van der Waals surface area contributed by atoms with Crippen molar-refractivity contribution in [3.05, 3.63) is 47.4 Å². The second kappa shape index (κ2) is 6.52. The minimum absolute atomic E-state index is 0.0455. The van der Waals surface area contributed by atoms with E-state index >= 15 is 0 Å². The standard InChI is InChI=1S/C15H15F2N3O4S/c1-10-8-14(18-24-10)15(21)19-4-6-20(7-5-19)25(22,23)11-2-3-12(16)13(17)9-11/h2-3,8-9H,4-7H2,1H3. The predicted molar refractivity (Wildman–Crippen MR) is 82.3 cm³/mol. The van der Waals surface area contributed by atoms with E-state index in [4.69, 9.17) is 4.52 Å². The van der Waals surface area contributed by atoms with Crippen LogP contribution < -0.4 is 0 Å². The second-order valence-corrected chi connectivity index (χ2v) is 7.53. The second-order valence-electron chi connectivity index (χ2n) is 5.60. The number of nitrogens with zero attached hydrogens (tertiary/aromatic N) is 3. The van der Waals surface area contributed by atoms with Gasteiger partial charge in [-0.15, -0.1) is 0 Å². The molecule has 0 bridgehead atoms. The largest absolute Gasteiger partial charge is 0.361 e. The van der Waals surface area contributed by atoms with Crippen LogP contribution in [-0.2, 0) is 10.0 Å².